The fourth-order valence-electron chi connectivity index (χ4n) is 2.28. The Labute approximate surface area is 158 Å². The van der Waals surface area contributed by atoms with Crippen molar-refractivity contribution in [1.82, 2.24) is 4.98 Å². The number of benzene rings is 2. The summed E-state index contributed by atoms with van der Waals surface area (Å²) >= 11 is 0.743. The molecule has 0 spiro atoms. The number of nitrogens with two attached hydrogens (primary N) is 1. The molecular weight excluding hydrogens is 418 g/mol. The highest BCUT2D eigenvalue weighted by Crippen LogP contribution is 2.39. The number of aromatic nitrogens is 1. The average molecular weight is 430 g/mol. The zero-order valence-corrected chi connectivity index (χ0v) is 15.9. The highest BCUT2D eigenvalue weighted by molar-refractivity contribution is 7.93. The van der Waals surface area contributed by atoms with Gasteiger partial charge >= 0.3 is 0 Å². The van der Waals surface area contributed by atoms with E-state index in [0.717, 1.165) is 11.3 Å². The highest BCUT2D eigenvalue weighted by atomic mass is 32.2. The second-order valence-electron chi connectivity index (χ2n) is 5.46. The van der Waals surface area contributed by atoms with E-state index in [1.54, 1.807) is 0 Å². The minimum Gasteiger partial charge on any atom is -0.233 e. The SMILES string of the molecule is NS(=O)(=O)c1ccc(-c2sc(S(=O)(=O)CF)nc2-c2ccc(F)cc2)cc1. The van der Waals surface area contributed by atoms with Gasteiger partial charge in [0.25, 0.3) is 0 Å². The Kier molecular flexibility index (Phi) is 5.12. The van der Waals surface area contributed by atoms with Crippen molar-refractivity contribution < 1.29 is 25.6 Å². The van der Waals surface area contributed by atoms with Crippen LogP contribution in [0.15, 0.2) is 57.8 Å². The summed E-state index contributed by atoms with van der Waals surface area (Å²) < 4.78 is 72.2. The molecule has 0 amide bonds. The fourth-order valence-corrected chi connectivity index (χ4v) is 4.83. The summed E-state index contributed by atoms with van der Waals surface area (Å²) in [6, 6.07) is 9.00. The van der Waals surface area contributed by atoms with Gasteiger partial charge in [-0.25, -0.2) is 35.7 Å². The summed E-state index contributed by atoms with van der Waals surface area (Å²) in [7, 11) is -8.09. The smallest absolute Gasteiger partial charge is 0.233 e. The predicted octanol–water partition coefficient (Wildman–Crippen LogP) is 2.96. The van der Waals surface area contributed by atoms with E-state index in [0.29, 0.717) is 16.0 Å². The van der Waals surface area contributed by atoms with Crippen molar-refractivity contribution in [2.45, 2.75) is 9.24 Å². The molecule has 2 aromatic carbocycles. The summed E-state index contributed by atoms with van der Waals surface area (Å²) in [5, 5.41) is 5.07. The number of nitrogens with zero attached hydrogens (tertiary/aromatic N) is 1. The molecule has 0 aliphatic heterocycles. The first-order chi connectivity index (χ1) is 12.6. The average Bonchev–Trinajstić information content (AvgIpc) is 3.08. The van der Waals surface area contributed by atoms with Crippen molar-refractivity contribution in [1.29, 1.82) is 0 Å². The van der Waals surface area contributed by atoms with Gasteiger partial charge in [-0.3, -0.25) is 0 Å². The first-order valence-corrected chi connectivity index (χ1v) is 11.3. The third-order valence-electron chi connectivity index (χ3n) is 3.58. The van der Waals surface area contributed by atoms with E-state index in [1.807, 2.05) is 0 Å². The molecule has 3 aromatic rings. The maximum absolute atomic E-state index is 13.2. The summed E-state index contributed by atoms with van der Waals surface area (Å²) in [5.74, 6) is -0.482. The van der Waals surface area contributed by atoms with Gasteiger partial charge in [0.2, 0.25) is 24.2 Å². The Balaban J connectivity index is 2.20. The summed E-state index contributed by atoms with van der Waals surface area (Å²) in [5.41, 5.74) is 1.10. The van der Waals surface area contributed by atoms with E-state index in [-0.39, 0.29) is 10.6 Å². The molecule has 0 aliphatic rings. The van der Waals surface area contributed by atoms with Crippen LogP contribution in [0.4, 0.5) is 8.78 Å². The molecule has 3 rings (SSSR count). The standard InChI is InChI=1S/C16H12F2N2O4S3/c17-9-26(21,22)16-20-14(10-1-5-12(18)6-2-10)15(25-16)11-3-7-13(8-4-11)27(19,23)24/h1-8H,9H2,(H2,19,23,24). The lowest BCUT2D eigenvalue weighted by molar-refractivity contribution is 0.534. The fraction of sp³-hybridized carbons (Fsp3) is 0.0625. The van der Waals surface area contributed by atoms with E-state index in [1.165, 1.54) is 48.5 Å². The minimum absolute atomic E-state index is 0.115. The monoisotopic (exact) mass is 430 g/mol. The molecule has 0 unspecified atom stereocenters. The molecule has 2 N–H and O–H groups in total. The second-order valence-corrected chi connectivity index (χ2v) is 10.1. The number of thiazole rings is 1. The largest absolute Gasteiger partial charge is 0.238 e. The Bertz CT molecular complexity index is 1190. The van der Waals surface area contributed by atoms with Crippen molar-refractivity contribution >= 4 is 31.2 Å². The third kappa shape index (κ3) is 4.05. The topological polar surface area (TPSA) is 107 Å². The first-order valence-electron chi connectivity index (χ1n) is 7.30. The quantitative estimate of drug-likeness (QED) is 0.670. The van der Waals surface area contributed by atoms with Crippen molar-refractivity contribution in [3.8, 4) is 21.7 Å². The van der Waals surface area contributed by atoms with Crippen LogP contribution in [0.25, 0.3) is 21.7 Å². The number of sulfone groups is 1. The van der Waals surface area contributed by atoms with Crippen LogP contribution >= 0.6 is 11.3 Å². The summed E-state index contributed by atoms with van der Waals surface area (Å²) in [6.07, 6.45) is 0. The van der Waals surface area contributed by atoms with Crippen LogP contribution in [-0.4, -0.2) is 27.8 Å². The number of sulfonamides is 1. The maximum atomic E-state index is 13.2. The normalized spacial score (nSPS) is 12.3. The van der Waals surface area contributed by atoms with Crippen LogP contribution in [0.2, 0.25) is 0 Å². The van der Waals surface area contributed by atoms with Gasteiger partial charge in [0, 0.05) is 5.56 Å². The third-order valence-corrected chi connectivity index (χ3v) is 7.33. The van der Waals surface area contributed by atoms with Crippen molar-refractivity contribution in [2.75, 3.05) is 6.01 Å². The highest BCUT2D eigenvalue weighted by Gasteiger charge is 2.24. The molecule has 0 saturated carbocycles. The lowest BCUT2D eigenvalue weighted by atomic mass is 10.1. The minimum atomic E-state index is -4.20. The molecule has 11 heteroatoms. The van der Waals surface area contributed by atoms with Crippen LogP contribution in [0, 0.1) is 5.82 Å². The predicted molar refractivity (Wildman–Crippen MR) is 97.5 cm³/mol. The number of hydrogen-bond acceptors (Lipinski definition) is 6. The second kappa shape index (κ2) is 7.08. The molecule has 1 heterocycles. The zero-order chi connectivity index (χ0) is 19.8. The van der Waals surface area contributed by atoms with Gasteiger partial charge < -0.3 is 0 Å². The lowest BCUT2D eigenvalue weighted by Gasteiger charge is -2.04. The molecule has 1 aromatic heterocycles. The van der Waals surface area contributed by atoms with Gasteiger partial charge in [0.15, 0.2) is 6.01 Å². The van der Waals surface area contributed by atoms with Crippen LogP contribution in [0.5, 0.6) is 0 Å². The number of halogens is 2. The molecule has 27 heavy (non-hydrogen) atoms. The lowest BCUT2D eigenvalue weighted by Crippen LogP contribution is -2.11. The molecule has 0 fully saturated rings. The maximum Gasteiger partial charge on any atom is 0.238 e. The molecule has 0 bridgehead atoms. The molecule has 0 atom stereocenters. The van der Waals surface area contributed by atoms with E-state index < -0.39 is 36.0 Å². The summed E-state index contributed by atoms with van der Waals surface area (Å²) in [4.78, 5) is 4.28. The Morgan fingerprint density at radius 1 is 0.926 bits per heavy atom. The number of alkyl halides is 1. The Hall–Kier alpha value is -2.21. The molecule has 0 saturated heterocycles. The molecule has 0 radical (unpaired) electrons. The number of rotatable bonds is 5. The molecule has 6 nitrogen and oxygen atoms in total. The first kappa shape index (κ1) is 19.5. The number of primary sulfonamides is 1. The van der Waals surface area contributed by atoms with Gasteiger partial charge in [-0.2, -0.15) is 0 Å². The molecule has 0 aliphatic carbocycles. The van der Waals surface area contributed by atoms with Crippen molar-refractivity contribution in [3.05, 3.63) is 54.3 Å². The van der Waals surface area contributed by atoms with E-state index >= 15 is 0 Å². The van der Waals surface area contributed by atoms with Gasteiger partial charge in [-0.05, 0) is 42.0 Å². The molecule has 142 valence electrons. The Morgan fingerprint density at radius 3 is 2.00 bits per heavy atom. The Morgan fingerprint density at radius 2 is 1.48 bits per heavy atom. The van der Waals surface area contributed by atoms with Crippen LogP contribution in [0.3, 0.4) is 0 Å². The van der Waals surface area contributed by atoms with Crippen molar-refractivity contribution in [3.63, 3.8) is 0 Å². The van der Waals surface area contributed by atoms with E-state index in [4.69, 9.17) is 5.14 Å². The van der Waals surface area contributed by atoms with Crippen LogP contribution in [0.1, 0.15) is 0 Å². The molecular formula is C16H12F2N2O4S3. The van der Waals surface area contributed by atoms with Gasteiger partial charge in [0.1, 0.15) is 5.82 Å². The summed E-state index contributed by atoms with van der Waals surface area (Å²) in [6.45, 7) is 0. The number of hydrogen-bond donors (Lipinski definition) is 1. The van der Waals surface area contributed by atoms with Gasteiger partial charge in [-0.15, -0.1) is 11.3 Å². The van der Waals surface area contributed by atoms with Gasteiger partial charge in [-0.1, -0.05) is 12.1 Å². The zero-order valence-electron chi connectivity index (χ0n) is 13.5. The van der Waals surface area contributed by atoms with Crippen molar-refractivity contribution in [2.24, 2.45) is 5.14 Å². The van der Waals surface area contributed by atoms with Gasteiger partial charge in [0.05, 0.1) is 15.5 Å². The van der Waals surface area contributed by atoms with E-state index in [2.05, 4.69) is 4.98 Å². The van der Waals surface area contributed by atoms with E-state index in [9.17, 15) is 25.6 Å². The van der Waals surface area contributed by atoms with Crippen LogP contribution in [-0.2, 0) is 19.9 Å². The van der Waals surface area contributed by atoms with Crippen LogP contribution < -0.4 is 5.14 Å².